The van der Waals surface area contributed by atoms with E-state index in [-0.39, 0.29) is 36.7 Å². The predicted octanol–water partition coefficient (Wildman–Crippen LogP) is 0.0856. The summed E-state index contributed by atoms with van der Waals surface area (Å²) in [5.41, 5.74) is 0. The van der Waals surface area contributed by atoms with Crippen LogP contribution in [0.2, 0.25) is 0 Å². The number of hydrogen-bond acceptors (Lipinski definition) is 6. The van der Waals surface area contributed by atoms with E-state index in [0.29, 0.717) is 5.76 Å². The van der Waals surface area contributed by atoms with Crippen LogP contribution in [0.3, 0.4) is 0 Å². The standard InChI is InChI=1S/C12H14N2O5/c1-7(14-5-10(15)13-11(16)6-14)8-3-4-9(19-8)12(17)18-2/h3-4,7H,5-6H2,1-2H3,(H,13,15,16). The maximum atomic E-state index is 11.3. The second kappa shape index (κ2) is 5.23. The molecule has 0 bridgehead atoms. The molecule has 1 aromatic rings. The average Bonchev–Trinajstić information content (AvgIpc) is 2.85. The summed E-state index contributed by atoms with van der Waals surface area (Å²) >= 11 is 0. The molecular weight excluding hydrogens is 252 g/mol. The van der Waals surface area contributed by atoms with E-state index in [1.165, 1.54) is 13.2 Å². The van der Waals surface area contributed by atoms with Crippen LogP contribution in [0.25, 0.3) is 0 Å². The van der Waals surface area contributed by atoms with Gasteiger partial charge in [-0.25, -0.2) is 4.79 Å². The maximum absolute atomic E-state index is 11.3. The van der Waals surface area contributed by atoms with Gasteiger partial charge >= 0.3 is 5.97 Å². The number of methoxy groups -OCH3 is 1. The van der Waals surface area contributed by atoms with Crippen molar-refractivity contribution >= 4 is 17.8 Å². The Hall–Kier alpha value is -2.15. The summed E-state index contributed by atoms with van der Waals surface area (Å²) in [6.45, 7) is 2.02. The van der Waals surface area contributed by atoms with Crippen molar-refractivity contribution in [1.82, 2.24) is 10.2 Å². The summed E-state index contributed by atoms with van der Waals surface area (Å²) < 4.78 is 9.91. The van der Waals surface area contributed by atoms with Crippen LogP contribution in [-0.4, -0.2) is 42.9 Å². The van der Waals surface area contributed by atoms with Crippen LogP contribution >= 0.6 is 0 Å². The highest BCUT2D eigenvalue weighted by molar-refractivity contribution is 5.99. The number of carbonyl (C=O) groups excluding carboxylic acids is 3. The SMILES string of the molecule is COC(=O)c1ccc(C(C)N2CC(=O)NC(=O)C2)o1. The van der Waals surface area contributed by atoms with Crippen LogP contribution in [0.15, 0.2) is 16.5 Å². The third-order valence-electron chi connectivity index (χ3n) is 2.95. The zero-order valence-corrected chi connectivity index (χ0v) is 10.6. The molecule has 1 atom stereocenters. The van der Waals surface area contributed by atoms with Crippen LogP contribution < -0.4 is 5.32 Å². The van der Waals surface area contributed by atoms with Crippen molar-refractivity contribution in [1.29, 1.82) is 0 Å². The van der Waals surface area contributed by atoms with Gasteiger partial charge in [0.15, 0.2) is 0 Å². The molecular formula is C12H14N2O5. The lowest BCUT2D eigenvalue weighted by molar-refractivity contribution is -0.137. The Morgan fingerprint density at radius 2 is 2.00 bits per heavy atom. The van der Waals surface area contributed by atoms with E-state index in [1.807, 2.05) is 0 Å². The fourth-order valence-electron chi connectivity index (χ4n) is 1.90. The van der Waals surface area contributed by atoms with E-state index >= 15 is 0 Å². The van der Waals surface area contributed by atoms with E-state index < -0.39 is 5.97 Å². The first-order valence-electron chi connectivity index (χ1n) is 5.76. The fourth-order valence-corrected chi connectivity index (χ4v) is 1.90. The van der Waals surface area contributed by atoms with E-state index in [9.17, 15) is 14.4 Å². The largest absolute Gasteiger partial charge is 0.463 e. The van der Waals surface area contributed by atoms with Crippen molar-refractivity contribution in [3.8, 4) is 0 Å². The van der Waals surface area contributed by atoms with Gasteiger partial charge in [0.1, 0.15) is 5.76 Å². The first kappa shape index (κ1) is 13.3. The van der Waals surface area contributed by atoms with Crippen molar-refractivity contribution in [2.45, 2.75) is 13.0 Å². The zero-order valence-electron chi connectivity index (χ0n) is 10.6. The lowest BCUT2D eigenvalue weighted by Crippen LogP contribution is -2.51. The molecule has 2 amide bonds. The molecule has 7 heteroatoms. The Labute approximate surface area is 109 Å². The van der Waals surface area contributed by atoms with Crippen LogP contribution in [0.5, 0.6) is 0 Å². The number of amides is 2. The first-order chi connectivity index (χ1) is 9.01. The molecule has 102 valence electrons. The number of esters is 1. The number of nitrogens with zero attached hydrogens (tertiary/aromatic N) is 1. The Bertz CT molecular complexity index is 506. The molecule has 1 aliphatic heterocycles. The molecule has 0 spiro atoms. The smallest absolute Gasteiger partial charge is 0.373 e. The lowest BCUT2D eigenvalue weighted by atomic mass is 10.2. The molecule has 2 rings (SSSR count). The highest BCUT2D eigenvalue weighted by Gasteiger charge is 2.28. The number of rotatable bonds is 3. The molecule has 1 aromatic heterocycles. The molecule has 0 saturated carbocycles. The topological polar surface area (TPSA) is 88.9 Å². The molecule has 1 N–H and O–H groups in total. The second-order valence-electron chi connectivity index (χ2n) is 4.25. The summed E-state index contributed by atoms with van der Waals surface area (Å²) in [5.74, 6) is -0.656. The van der Waals surface area contributed by atoms with Gasteiger partial charge < -0.3 is 9.15 Å². The van der Waals surface area contributed by atoms with Crippen molar-refractivity contribution < 1.29 is 23.5 Å². The third kappa shape index (κ3) is 2.82. The predicted molar refractivity (Wildman–Crippen MR) is 63.2 cm³/mol. The number of piperazine rings is 1. The van der Waals surface area contributed by atoms with Crippen LogP contribution in [0.4, 0.5) is 0 Å². The first-order valence-corrected chi connectivity index (χ1v) is 5.76. The van der Waals surface area contributed by atoms with Gasteiger partial charge in [0.05, 0.1) is 26.2 Å². The lowest BCUT2D eigenvalue weighted by Gasteiger charge is -2.29. The monoisotopic (exact) mass is 266 g/mol. The molecule has 1 aliphatic rings. The Morgan fingerprint density at radius 1 is 1.37 bits per heavy atom. The maximum Gasteiger partial charge on any atom is 0.373 e. The highest BCUT2D eigenvalue weighted by atomic mass is 16.5. The Balaban J connectivity index is 2.12. The van der Waals surface area contributed by atoms with E-state index in [4.69, 9.17) is 4.42 Å². The molecule has 0 aliphatic carbocycles. The van der Waals surface area contributed by atoms with Crippen LogP contribution in [-0.2, 0) is 14.3 Å². The molecule has 1 unspecified atom stereocenters. The summed E-state index contributed by atoms with van der Waals surface area (Å²) in [7, 11) is 1.27. The third-order valence-corrected chi connectivity index (χ3v) is 2.95. The molecule has 1 fully saturated rings. The minimum Gasteiger partial charge on any atom is -0.463 e. The van der Waals surface area contributed by atoms with E-state index in [2.05, 4.69) is 10.1 Å². The number of ether oxygens (including phenoxy) is 1. The number of nitrogens with one attached hydrogen (secondary N) is 1. The van der Waals surface area contributed by atoms with Gasteiger partial charge in [-0.3, -0.25) is 19.8 Å². The van der Waals surface area contributed by atoms with Crippen LogP contribution in [0.1, 0.15) is 29.3 Å². The quantitative estimate of drug-likeness (QED) is 0.616. The molecule has 0 aromatic carbocycles. The number of imide groups is 1. The van der Waals surface area contributed by atoms with E-state index in [0.717, 1.165) is 0 Å². The molecule has 2 heterocycles. The minimum atomic E-state index is -0.564. The molecule has 7 nitrogen and oxygen atoms in total. The normalized spacial score (nSPS) is 18.0. The highest BCUT2D eigenvalue weighted by Crippen LogP contribution is 2.23. The van der Waals surface area contributed by atoms with Crippen molar-refractivity contribution in [3.63, 3.8) is 0 Å². The van der Waals surface area contributed by atoms with E-state index in [1.54, 1.807) is 17.9 Å². The summed E-state index contributed by atoms with van der Waals surface area (Å²) in [5, 5.41) is 2.22. The van der Waals surface area contributed by atoms with Gasteiger partial charge in [-0.2, -0.15) is 0 Å². The van der Waals surface area contributed by atoms with Gasteiger partial charge in [0.2, 0.25) is 17.6 Å². The van der Waals surface area contributed by atoms with Gasteiger partial charge in [-0.05, 0) is 19.1 Å². The Kier molecular flexibility index (Phi) is 3.66. The summed E-state index contributed by atoms with van der Waals surface area (Å²) in [4.78, 5) is 35.6. The molecule has 19 heavy (non-hydrogen) atoms. The minimum absolute atomic E-state index is 0.0946. The van der Waals surface area contributed by atoms with Gasteiger partial charge in [0.25, 0.3) is 0 Å². The zero-order chi connectivity index (χ0) is 14.0. The molecule has 1 saturated heterocycles. The van der Waals surface area contributed by atoms with Crippen molar-refractivity contribution in [2.75, 3.05) is 20.2 Å². The van der Waals surface area contributed by atoms with Gasteiger partial charge in [-0.1, -0.05) is 0 Å². The summed E-state index contributed by atoms with van der Waals surface area (Å²) in [6.07, 6.45) is 0. The fraction of sp³-hybridized carbons (Fsp3) is 0.417. The number of furan rings is 1. The van der Waals surface area contributed by atoms with Crippen molar-refractivity contribution in [2.24, 2.45) is 0 Å². The number of hydrogen-bond donors (Lipinski definition) is 1. The molecule has 0 radical (unpaired) electrons. The Morgan fingerprint density at radius 3 is 2.58 bits per heavy atom. The van der Waals surface area contributed by atoms with Crippen molar-refractivity contribution in [3.05, 3.63) is 23.7 Å². The average molecular weight is 266 g/mol. The number of carbonyl (C=O) groups is 3. The van der Waals surface area contributed by atoms with Gasteiger partial charge in [0, 0.05) is 0 Å². The van der Waals surface area contributed by atoms with Gasteiger partial charge in [-0.15, -0.1) is 0 Å². The summed E-state index contributed by atoms with van der Waals surface area (Å²) in [6, 6.07) is 2.85. The van der Waals surface area contributed by atoms with Crippen LogP contribution in [0, 0.1) is 0 Å². The second-order valence-corrected chi connectivity index (χ2v) is 4.25.